The second-order valence-corrected chi connectivity index (χ2v) is 14.6. The molecule has 6 heterocycles. The van der Waals surface area contributed by atoms with Crippen molar-refractivity contribution in [1.82, 2.24) is 14.9 Å². The average molecular weight is 687 g/mol. The number of hydrogen-bond acceptors (Lipinski definition) is 9. The predicted molar refractivity (Wildman–Crippen MR) is 173 cm³/mol. The van der Waals surface area contributed by atoms with Gasteiger partial charge in [0.1, 0.15) is 41.4 Å². The molecule has 3 unspecified atom stereocenters. The topological polar surface area (TPSA) is 101 Å². The van der Waals surface area contributed by atoms with Crippen LogP contribution in [0, 0.1) is 28.9 Å². The van der Waals surface area contributed by atoms with Crippen LogP contribution in [0.25, 0.3) is 32.1 Å². The van der Waals surface area contributed by atoms with E-state index in [1.807, 2.05) is 6.07 Å². The molecule has 8 nitrogen and oxygen atoms in total. The molecule has 2 aromatic heterocycles. The highest BCUT2D eigenvalue weighted by Crippen LogP contribution is 2.52. The number of nitriles is 1. The van der Waals surface area contributed by atoms with E-state index in [1.54, 1.807) is 0 Å². The summed E-state index contributed by atoms with van der Waals surface area (Å²) in [5.74, 6) is -0.911. The molecule has 4 aliphatic rings. The Kier molecular flexibility index (Phi) is 7.35. The number of piperidine rings is 1. The molecule has 246 valence electrons. The lowest BCUT2D eigenvalue weighted by molar-refractivity contribution is 0.0872. The highest BCUT2D eigenvalue weighted by molar-refractivity contribution is 7.23. The first kappa shape index (κ1) is 30.7. The molecule has 47 heavy (non-hydrogen) atoms. The van der Waals surface area contributed by atoms with Crippen molar-refractivity contribution < 1.29 is 27.0 Å². The Hall–Kier alpha value is -3.60. The van der Waals surface area contributed by atoms with Gasteiger partial charge >= 0.3 is 6.01 Å². The molecule has 4 aromatic rings. The highest BCUT2D eigenvalue weighted by atomic mass is 35.5. The molecule has 2 aromatic carbocycles. The summed E-state index contributed by atoms with van der Waals surface area (Å²) < 4.78 is 73.9. The van der Waals surface area contributed by atoms with Crippen molar-refractivity contribution in [2.24, 2.45) is 5.92 Å². The molecular formula is C33H31ClF4N6O2S. The van der Waals surface area contributed by atoms with Crippen LogP contribution in [-0.4, -0.2) is 65.2 Å². The standard InChI is InChI=1S/C33H31ClF4N6O2S/c1-15-10-33(8-3-9-43(33)12-15)14-46-32-41-26-23-27(45-13-16-4-2-5-20(29(37)38)44(16)31(23)42-32)24(34)22(25(26)36)17-6-7-19(35)28-21(17)18(11-39)30(40)47-28/h6-7,15-16,20,29H,2-5,8-10,12-14,40H2,1H3/t15-,16?,20?,33?/m1/s1. The molecule has 3 saturated heterocycles. The van der Waals surface area contributed by atoms with Gasteiger partial charge in [-0.25, -0.2) is 17.6 Å². The first-order valence-electron chi connectivity index (χ1n) is 15.8. The summed E-state index contributed by atoms with van der Waals surface area (Å²) in [5.41, 5.74) is 5.61. The van der Waals surface area contributed by atoms with Crippen molar-refractivity contribution in [2.45, 2.75) is 69.5 Å². The SMILES string of the molecule is C[C@H]1CN2CCCC2(COc2nc3c4c(c(Cl)c(-c5ccc(F)c6sc(N)c(C#N)c56)c(F)c4n2)OCC2CCCC(C(F)F)N32)C1. The molecule has 0 saturated carbocycles. The maximum absolute atomic E-state index is 17.1. The van der Waals surface area contributed by atoms with E-state index >= 15 is 4.39 Å². The minimum Gasteiger partial charge on any atom is -0.489 e. The van der Waals surface area contributed by atoms with Crippen molar-refractivity contribution in [2.75, 3.05) is 36.9 Å². The van der Waals surface area contributed by atoms with E-state index in [9.17, 15) is 18.4 Å². The quantitative estimate of drug-likeness (QED) is 0.215. The highest BCUT2D eigenvalue weighted by Gasteiger charge is 2.48. The number of rotatable bonds is 5. The number of halogens is 5. The van der Waals surface area contributed by atoms with Crippen molar-refractivity contribution in [3.63, 3.8) is 0 Å². The van der Waals surface area contributed by atoms with Crippen LogP contribution in [0.15, 0.2) is 12.1 Å². The van der Waals surface area contributed by atoms with E-state index in [-0.39, 0.29) is 90.5 Å². The second kappa shape index (κ2) is 11.2. The summed E-state index contributed by atoms with van der Waals surface area (Å²) in [7, 11) is 0. The van der Waals surface area contributed by atoms with Gasteiger partial charge in [-0.2, -0.15) is 15.2 Å². The molecule has 0 spiro atoms. The maximum atomic E-state index is 17.1. The Morgan fingerprint density at radius 3 is 2.85 bits per heavy atom. The number of benzene rings is 2. The van der Waals surface area contributed by atoms with Crippen LogP contribution in [0.2, 0.25) is 5.02 Å². The molecule has 14 heteroatoms. The van der Waals surface area contributed by atoms with Crippen LogP contribution in [0.4, 0.5) is 28.4 Å². The van der Waals surface area contributed by atoms with Gasteiger partial charge in [0, 0.05) is 17.5 Å². The van der Waals surface area contributed by atoms with Crippen molar-refractivity contribution in [1.29, 1.82) is 5.26 Å². The van der Waals surface area contributed by atoms with Gasteiger partial charge in [0.25, 0.3) is 6.43 Å². The van der Waals surface area contributed by atoms with Crippen LogP contribution < -0.4 is 20.1 Å². The minimum atomic E-state index is -2.69. The fourth-order valence-corrected chi connectivity index (χ4v) is 9.70. The Labute approximate surface area is 277 Å². The zero-order chi connectivity index (χ0) is 32.8. The lowest BCUT2D eigenvalue weighted by Crippen LogP contribution is -2.52. The van der Waals surface area contributed by atoms with Gasteiger partial charge in [-0.05, 0) is 62.6 Å². The summed E-state index contributed by atoms with van der Waals surface area (Å²) in [6, 6.07) is 2.72. The van der Waals surface area contributed by atoms with Crippen LogP contribution in [0.3, 0.4) is 0 Å². The lowest BCUT2D eigenvalue weighted by atomic mass is 9.92. The summed E-state index contributed by atoms with van der Waals surface area (Å²) in [5, 5.41) is 10.0. The second-order valence-electron chi connectivity index (χ2n) is 13.2. The Morgan fingerprint density at radius 2 is 2.06 bits per heavy atom. The Morgan fingerprint density at radius 1 is 1.23 bits per heavy atom. The molecule has 4 aliphatic heterocycles. The van der Waals surface area contributed by atoms with Gasteiger partial charge in [-0.15, -0.1) is 11.3 Å². The van der Waals surface area contributed by atoms with Gasteiger partial charge in [-0.1, -0.05) is 24.6 Å². The Bertz CT molecular complexity index is 1990. The number of nitrogens with two attached hydrogens (primary N) is 1. The fourth-order valence-electron chi connectivity index (χ4n) is 8.42. The number of nitrogens with zero attached hydrogens (tertiary/aromatic N) is 5. The van der Waals surface area contributed by atoms with Gasteiger partial charge in [-0.3, -0.25) is 4.90 Å². The molecule has 0 amide bonds. The first-order chi connectivity index (χ1) is 22.6. The number of thiophene rings is 1. The number of nitrogen functional groups attached to an aromatic ring is 1. The molecular weight excluding hydrogens is 656 g/mol. The number of ether oxygens (including phenoxy) is 2. The van der Waals surface area contributed by atoms with Crippen molar-refractivity contribution in [3.8, 4) is 29.0 Å². The summed E-state index contributed by atoms with van der Waals surface area (Å²) in [6.07, 6.45) is 1.55. The van der Waals surface area contributed by atoms with Crippen LogP contribution in [0.1, 0.15) is 51.0 Å². The molecule has 4 atom stereocenters. The number of aromatic nitrogens is 2. The molecule has 8 rings (SSSR count). The molecule has 2 N–H and O–H groups in total. The predicted octanol–water partition coefficient (Wildman–Crippen LogP) is 7.54. The number of hydrogen-bond donors (Lipinski definition) is 1. The van der Waals surface area contributed by atoms with E-state index in [0.717, 1.165) is 49.8 Å². The normalized spacial score (nSPS) is 25.6. The summed E-state index contributed by atoms with van der Waals surface area (Å²) in [4.78, 5) is 13.2. The first-order valence-corrected chi connectivity index (χ1v) is 17.0. The van der Waals surface area contributed by atoms with E-state index < -0.39 is 30.1 Å². The molecule has 0 radical (unpaired) electrons. The van der Waals surface area contributed by atoms with Crippen LogP contribution in [0.5, 0.6) is 11.8 Å². The van der Waals surface area contributed by atoms with E-state index in [2.05, 4.69) is 16.8 Å². The van der Waals surface area contributed by atoms with Gasteiger partial charge < -0.3 is 20.1 Å². The van der Waals surface area contributed by atoms with Crippen LogP contribution in [-0.2, 0) is 0 Å². The number of fused-ring (bicyclic) bond motifs is 4. The van der Waals surface area contributed by atoms with Crippen LogP contribution >= 0.6 is 22.9 Å². The zero-order valence-corrected chi connectivity index (χ0v) is 27.0. The van der Waals surface area contributed by atoms with Gasteiger partial charge in [0.05, 0.1) is 38.3 Å². The lowest BCUT2D eigenvalue weighted by Gasteiger charge is -2.41. The number of alkyl halides is 2. The van der Waals surface area contributed by atoms with E-state index in [0.29, 0.717) is 18.8 Å². The van der Waals surface area contributed by atoms with E-state index in [4.69, 9.17) is 31.8 Å². The maximum Gasteiger partial charge on any atom is 0.319 e. The smallest absolute Gasteiger partial charge is 0.319 e. The molecule has 0 bridgehead atoms. The van der Waals surface area contributed by atoms with Crippen molar-refractivity contribution in [3.05, 3.63) is 34.4 Å². The van der Waals surface area contributed by atoms with E-state index in [1.165, 1.54) is 11.0 Å². The third-order valence-electron chi connectivity index (χ3n) is 10.4. The zero-order valence-electron chi connectivity index (χ0n) is 25.5. The number of anilines is 2. The summed E-state index contributed by atoms with van der Waals surface area (Å²) in [6.45, 7) is 4.39. The fraction of sp³-hybridized carbons (Fsp3) is 0.485. The third kappa shape index (κ3) is 4.62. The molecule has 0 aliphatic carbocycles. The minimum absolute atomic E-state index is 0.000699. The average Bonchev–Trinajstić information content (AvgIpc) is 3.65. The largest absolute Gasteiger partial charge is 0.489 e. The van der Waals surface area contributed by atoms with Gasteiger partial charge in [0.2, 0.25) is 0 Å². The van der Waals surface area contributed by atoms with Gasteiger partial charge in [0.15, 0.2) is 11.6 Å². The molecule has 3 fully saturated rings. The summed E-state index contributed by atoms with van der Waals surface area (Å²) >= 11 is 7.86. The Balaban J connectivity index is 1.37. The third-order valence-corrected chi connectivity index (χ3v) is 11.7. The monoisotopic (exact) mass is 686 g/mol. The van der Waals surface area contributed by atoms with Crippen molar-refractivity contribution >= 4 is 54.7 Å².